The van der Waals surface area contributed by atoms with Gasteiger partial charge in [0.1, 0.15) is 0 Å². The molecule has 0 atom stereocenters. The van der Waals surface area contributed by atoms with Gasteiger partial charge in [-0.25, -0.2) is 0 Å². The zero-order chi connectivity index (χ0) is 4.12. The SMILES string of the molecule is COC[CH2][Hg].O. The standard InChI is InChI=1S/C3H7O.Hg.H2O/c1-3-4-2;;/h1,3H2,2H3;;1H2. The van der Waals surface area contributed by atoms with Gasteiger partial charge in [0.2, 0.25) is 0 Å². The van der Waals surface area contributed by atoms with Crippen molar-refractivity contribution in [2.45, 2.75) is 3.93 Å². The van der Waals surface area contributed by atoms with Crippen LogP contribution in [0.3, 0.4) is 0 Å². The Morgan fingerprint density at radius 1 is 1.67 bits per heavy atom. The largest absolute Gasteiger partial charge is 0.412 e. The summed E-state index contributed by atoms with van der Waals surface area (Å²) in [6.45, 7) is 0.975. The Kier molecular flexibility index (Phi) is 15.4. The third kappa shape index (κ3) is 8.85. The van der Waals surface area contributed by atoms with Gasteiger partial charge < -0.3 is 5.48 Å². The van der Waals surface area contributed by atoms with Gasteiger partial charge in [-0.3, -0.25) is 0 Å². The summed E-state index contributed by atoms with van der Waals surface area (Å²) >= 11 is 0.948. The normalized spacial score (nSPS) is 7.17. The zero-order valence-corrected chi connectivity index (χ0v) is 9.53. The molecule has 6 heavy (non-hydrogen) atoms. The maximum absolute atomic E-state index is 4.74. The van der Waals surface area contributed by atoms with Crippen molar-refractivity contribution in [1.82, 2.24) is 0 Å². The van der Waals surface area contributed by atoms with Crippen molar-refractivity contribution in [1.29, 1.82) is 0 Å². The van der Waals surface area contributed by atoms with Crippen molar-refractivity contribution in [3.05, 3.63) is 0 Å². The average molecular weight is 278 g/mol. The second-order valence-electron chi connectivity index (χ2n) is 0.846. The Hall–Kier alpha value is 0.855. The molecule has 0 aromatic rings. The molecule has 0 radical (unpaired) electrons. The monoisotopic (exact) mass is 279 g/mol. The Labute approximate surface area is 54.2 Å². The number of hydrogen-bond donors (Lipinski definition) is 0. The Morgan fingerprint density at radius 3 is 2.17 bits per heavy atom. The van der Waals surface area contributed by atoms with Gasteiger partial charge in [0.15, 0.2) is 0 Å². The van der Waals surface area contributed by atoms with E-state index in [1.807, 2.05) is 0 Å². The van der Waals surface area contributed by atoms with E-state index in [1.165, 1.54) is 3.93 Å². The van der Waals surface area contributed by atoms with Gasteiger partial charge in [-0.05, 0) is 0 Å². The van der Waals surface area contributed by atoms with E-state index < -0.39 is 0 Å². The second-order valence-corrected chi connectivity index (χ2v) is 3.60. The Bertz CT molecular complexity index is 16.3. The molecule has 0 fully saturated rings. The molecular formula is C3H9HgO2. The third-order valence-electron chi connectivity index (χ3n) is 0.348. The van der Waals surface area contributed by atoms with Crippen LogP contribution in [0.1, 0.15) is 0 Å². The van der Waals surface area contributed by atoms with Crippen molar-refractivity contribution >= 4 is 0 Å². The molecule has 0 saturated carbocycles. The van der Waals surface area contributed by atoms with Gasteiger partial charge in [0, 0.05) is 0 Å². The molecule has 0 unspecified atom stereocenters. The minimum atomic E-state index is 0. The number of ether oxygens (including phenoxy) is 1. The van der Waals surface area contributed by atoms with E-state index in [9.17, 15) is 0 Å². The van der Waals surface area contributed by atoms with Crippen LogP contribution in [0, 0.1) is 0 Å². The molecule has 0 aromatic carbocycles. The van der Waals surface area contributed by atoms with E-state index in [4.69, 9.17) is 4.74 Å². The first-order chi connectivity index (χ1) is 2.41. The van der Waals surface area contributed by atoms with E-state index in [0.29, 0.717) is 0 Å². The maximum Gasteiger partial charge on any atom is -0.412 e. The number of methoxy groups -OCH3 is 1. The summed E-state index contributed by atoms with van der Waals surface area (Å²) in [5.41, 5.74) is 0. The fourth-order valence-corrected chi connectivity index (χ4v) is 1.27. The first-order valence-electron chi connectivity index (χ1n) is 1.70. The predicted octanol–water partition coefficient (Wildman–Crippen LogP) is -0.227. The predicted molar refractivity (Wildman–Crippen MR) is 20.3 cm³/mol. The van der Waals surface area contributed by atoms with Crippen LogP contribution in [0.5, 0.6) is 0 Å². The fraction of sp³-hybridized carbons (Fsp3) is 1.00. The first-order valence-corrected chi connectivity index (χ1v) is 5.58. The summed E-state index contributed by atoms with van der Waals surface area (Å²) in [4.78, 5) is 0. The molecular weight excluding hydrogens is 269 g/mol. The Morgan fingerprint density at radius 2 is 2.17 bits per heavy atom. The molecule has 0 bridgehead atoms. The van der Waals surface area contributed by atoms with E-state index in [1.54, 1.807) is 7.11 Å². The number of rotatable bonds is 2. The van der Waals surface area contributed by atoms with Gasteiger partial charge in [-0.1, -0.05) is 0 Å². The summed E-state index contributed by atoms with van der Waals surface area (Å²) < 4.78 is 6.06. The quantitative estimate of drug-likeness (QED) is 0.643. The van der Waals surface area contributed by atoms with Crippen LogP contribution >= 0.6 is 0 Å². The van der Waals surface area contributed by atoms with Gasteiger partial charge >= 0.3 is 48.5 Å². The maximum atomic E-state index is 4.74. The van der Waals surface area contributed by atoms with Crippen LogP contribution in [-0.2, 0) is 30.9 Å². The van der Waals surface area contributed by atoms with Crippen molar-refractivity contribution in [2.24, 2.45) is 0 Å². The summed E-state index contributed by atoms with van der Waals surface area (Å²) in [5.74, 6) is 0. The van der Waals surface area contributed by atoms with E-state index in [2.05, 4.69) is 0 Å². The van der Waals surface area contributed by atoms with Crippen LogP contribution in [0.4, 0.5) is 0 Å². The van der Waals surface area contributed by atoms with Gasteiger partial charge in [-0.2, -0.15) is 0 Å². The molecule has 0 aliphatic rings. The fourth-order valence-electron chi connectivity index (χ4n) is 0.144. The van der Waals surface area contributed by atoms with Gasteiger partial charge in [0.05, 0.1) is 0 Å². The van der Waals surface area contributed by atoms with Gasteiger partial charge in [0.25, 0.3) is 0 Å². The molecule has 0 amide bonds. The average Bonchev–Trinajstić information content (AvgIpc) is 1.41. The molecule has 0 heterocycles. The zero-order valence-electron chi connectivity index (χ0n) is 4.03. The van der Waals surface area contributed by atoms with Crippen LogP contribution in [0.2, 0.25) is 3.93 Å². The third-order valence-corrected chi connectivity index (χ3v) is 1.47. The summed E-state index contributed by atoms with van der Waals surface area (Å²) in [5, 5.41) is 0. The van der Waals surface area contributed by atoms with Crippen LogP contribution in [-0.4, -0.2) is 19.2 Å². The summed E-state index contributed by atoms with van der Waals surface area (Å²) in [7, 11) is 1.74. The minimum Gasteiger partial charge on any atom is -0.412 e. The molecule has 0 aromatic heterocycles. The summed E-state index contributed by atoms with van der Waals surface area (Å²) in [6.07, 6.45) is 0. The van der Waals surface area contributed by atoms with Gasteiger partial charge in [-0.15, -0.1) is 0 Å². The van der Waals surface area contributed by atoms with Crippen molar-refractivity contribution in [3.63, 3.8) is 0 Å². The minimum absolute atomic E-state index is 0. The molecule has 3 heteroatoms. The van der Waals surface area contributed by atoms with Crippen LogP contribution < -0.4 is 0 Å². The van der Waals surface area contributed by atoms with E-state index in [-0.39, 0.29) is 5.48 Å². The smallest absolute Gasteiger partial charge is 0.412 e. The summed E-state index contributed by atoms with van der Waals surface area (Å²) in [6, 6.07) is 0. The molecule has 0 spiro atoms. The Balaban J connectivity index is 0. The molecule has 0 aliphatic carbocycles. The van der Waals surface area contributed by atoms with E-state index >= 15 is 0 Å². The van der Waals surface area contributed by atoms with E-state index in [0.717, 1.165) is 32.7 Å². The molecule has 0 rings (SSSR count). The van der Waals surface area contributed by atoms with Crippen molar-refractivity contribution < 1.29 is 36.3 Å². The molecule has 2 nitrogen and oxygen atoms in total. The van der Waals surface area contributed by atoms with Crippen LogP contribution in [0.15, 0.2) is 0 Å². The molecule has 35 valence electrons. The molecule has 0 saturated heterocycles. The van der Waals surface area contributed by atoms with Crippen molar-refractivity contribution in [3.8, 4) is 0 Å². The first kappa shape index (κ1) is 9.97. The topological polar surface area (TPSA) is 40.7 Å². The number of hydrogen-bond acceptors (Lipinski definition) is 1. The molecule has 0 aliphatic heterocycles. The van der Waals surface area contributed by atoms with Crippen molar-refractivity contribution in [2.75, 3.05) is 13.7 Å². The molecule has 2 N–H and O–H groups in total. The second kappa shape index (κ2) is 9.29. The van der Waals surface area contributed by atoms with Crippen LogP contribution in [0.25, 0.3) is 0 Å².